The van der Waals surface area contributed by atoms with Gasteiger partial charge in [0.2, 0.25) is 0 Å². The first-order valence-electron chi connectivity index (χ1n) is 3.98. The van der Waals surface area contributed by atoms with Gasteiger partial charge in [-0.05, 0) is 6.92 Å². The van der Waals surface area contributed by atoms with Gasteiger partial charge in [0.1, 0.15) is 12.3 Å². The van der Waals surface area contributed by atoms with Gasteiger partial charge in [0, 0.05) is 6.07 Å². The molecule has 6 heteroatoms. The van der Waals surface area contributed by atoms with Crippen molar-refractivity contribution < 1.29 is 18.7 Å². The summed E-state index contributed by atoms with van der Waals surface area (Å²) in [4.78, 5) is 24.5. The predicted octanol–water partition coefficient (Wildman–Crippen LogP) is 1.65. The topological polar surface area (TPSA) is 56.3 Å². The van der Waals surface area contributed by atoms with Crippen LogP contribution in [0.25, 0.3) is 0 Å². The third-order valence-electron chi connectivity index (χ3n) is 1.45. The monoisotopic (exact) mass is 231 g/mol. The number of ketones is 1. The van der Waals surface area contributed by atoms with Crippen molar-refractivity contribution in [3.05, 3.63) is 22.7 Å². The van der Waals surface area contributed by atoms with Crippen molar-refractivity contribution in [3.8, 4) is 5.75 Å². The molecule has 1 heterocycles. The van der Waals surface area contributed by atoms with Crippen LogP contribution in [0, 0.1) is 5.82 Å². The molecule has 0 amide bonds. The number of pyridine rings is 1. The highest BCUT2D eigenvalue weighted by Crippen LogP contribution is 2.25. The molecule has 0 spiro atoms. The number of hydrogen-bond acceptors (Lipinski definition) is 4. The molecule has 80 valence electrons. The second-order valence-electron chi connectivity index (χ2n) is 2.76. The first kappa shape index (κ1) is 11.6. The molecule has 0 bridgehead atoms. The Morgan fingerprint density at radius 3 is 2.87 bits per heavy atom. The Kier molecular flexibility index (Phi) is 3.74. The molecule has 0 atom stereocenters. The SMILES string of the molecule is CC(=O)COc1c(F)cc(C=O)nc1Cl. The van der Waals surface area contributed by atoms with Crippen molar-refractivity contribution in [1.29, 1.82) is 0 Å². The number of carbonyl (C=O) groups is 2. The lowest BCUT2D eigenvalue weighted by atomic mass is 10.3. The Balaban J connectivity index is 2.97. The van der Waals surface area contributed by atoms with Gasteiger partial charge in [-0.1, -0.05) is 11.6 Å². The van der Waals surface area contributed by atoms with E-state index in [1.54, 1.807) is 0 Å². The van der Waals surface area contributed by atoms with E-state index in [1.807, 2.05) is 0 Å². The second kappa shape index (κ2) is 4.84. The Hall–Kier alpha value is -1.49. The zero-order chi connectivity index (χ0) is 11.4. The van der Waals surface area contributed by atoms with Crippen LogP contribution in [0.4, 0.5) is 4.39 Å². The third-order valence-corrected chi connectivity index (χ3v) is 1.70. The van der Waals surface area contributed by atoms with Gasteiger partial charge in [-0.15, -0.1) is 0 Å². The van der Waals surface area contributed by atoms with Gasteiger partial charge in [-0.3, -0.25) is 9.59 Å². The van der Waals surface area contributed by atoms with Crippen molar-refractivity contribution >= 4 is 23.7 Å². The summed E-state index contributed by atoms with van der Waals surface area (Å²) in [7, 11) is 0. The summed E-state index contributed by atoms with van der Waals surface area (Å²) >= 11 is 5.55. The molecule has 4 nitrogen and oxygen atoms in total. The highest BCUT2D eigenvalue weighted by Gasteiger charge is 2.13. The quantitative estimate of drug-likeness (QED) is 0.584. The van der Waals surface area contributed by atoms with Crippen molar-refractivity contribution in [1.82, 2.24) is 4.98 Å². The fourth-order valence-electron chi connectivity index (χ4n) is 0.853. The minimum absolute atomic E-state index is 0.132. The number of ether oxygens (including phenoxy) is 1. The molecule has 1 aromatic heterocycles. The molecule has 0 radical (unpaired) electrons. The lowest BCUT2D eigenvalue weighted by Crippen LogP contribution is -2.09. The summed E-state index contributed by atoms with van der Waals surface area (Å²) in [6, 6.07) is 0.883. The zero-order valence-corrected chi connectivity index (χ0v) is 8.55. The molecule has 0 N–H and O–H groups in total. The van der Waals surface area contributed by atoms with Crippen molar-refractivity contribution in [2.45, 2.75) is 6.92 Å². The molecule has 0 saturated carbocycles. The van der Waals surface area contributed by atoms with Gasteiger partial charge < -0.3 is 4.74 Å². The van der Waals surface area contributed by atoms with Gasteiger partial charge >= 0.3 is 0 Å². The average molecular weight is 232 g/mol. The van der Waals surface area contributed by atoms with Gasteiger partial charge in [0.05, 0.1) is 0 Å². The fraction of sp³-hybridized carbons (Fsp3) is 0.222. The molecule has 1 rings (SSSR count). The van der Waals surface area contributed by atoms with Crippen LogP contribution in [-0.4, -0.2) is 23.7 Å². The van der Waals surface area contributed by atoms with E-state index < -0.39 is 5.82 Å². The summed E-state index contributed by atoms with van der Waals surface area (Å²) in [6.07, 6.45) is 0.365. The zero-order valence-electron chi connectivity index (χ0n) is 7.79. The fourth-order valence-corrected chi connectivity index (χ4v) is 1.10. The Morgan fingerprint density at radius 2 is 2.40 bits per heavy atom. The lowest BCUT2D eigenvalue weighted by Gasteiger charge is -2.06. The van der Waals surface area contributed by atoms with Crippen molar-refractivity contribution in [2.24, 2.45) is 0 Å². The van der Waals surface area contributed by atoms with Crippen LogP contribution in [0.5, 0.6) is 5.75 Å². The molecule has 0 fully saturated rings. The van der Waals surface area contributed by atoms with Crippen LogP contribution in [0.3, 0.4) is 0 Å². The van der Waals surface area contributed by atoms with Crippen LogP contribution in [0.2, 0.25) is 5.15 Å². The third kappa shape index (κ3) is 2.99. The van der Waals surface area contributed by atoms with Crippen LogP contribution < -0.4 is 4.74 Å². The molecular formula is C9H7ClFNO3. The molecule has 0 aromatic carbocycles. The standard InChI is InChI=1S/C9H7ClFNO3/c1-5(14)4-15-8-7(11)2-6(3-13)12-9(8)10/h2-3H,4H2,1H3. The van der Waals surface area contributed by atoms with E-state index in [2.05, 4.69) is 4.98 Å². The van der Waals surface area contributed by atoms with E-state index in [0.29, 0.717) is 6.29 Å². The Bertz CT molecular complexity index is 385. The van der Waals surface area contributed by atoms with E-state index in [1.165, 1.54) is 6.92 Å². The van der Waals surface area contributed by atoms with Crippen LogP contribution in [-0.2, 0) is 4.79 Å². The number of hydrogen-bond donors (Lipinski definition) is 0. The number of Topliss-reactive ketones (excluding diaryl/α,β-unsaturated/α-hetero) is 1. The van der Waals surface area contributed by atoms with E-state index in [-0.39, 0.29) is 29.0 Å². The number of aromatic nitrogens is 1. The maximum atomic E-state index is 13.2. The maximum absolute atomic E-state index is 13.2. The number of aldehydes is 1. The molecule has 0 aliphatic heterocycles. The molecule has 1 aromatic rings. The summed E-state index contributed by atoms with van der Waals surface area (Å²) in [5, 5.41) is -0.279. The van der Waals surface area contributed by atoms with E-state index in [9.17, 15) is 14.0 Å². The number of halogens is 2. The highest BCUT2D eigenvalue weighted by molar-refractivity contribution is 6.31. The predicted molar refractivity (Wildman–Crippen MR) is 50.8 cm³/mol. The lowest BCUT2D eigenvalue weighted by molar-refractivity contribution is -0.118. The van der Waals surface area contributed by atoms with E-state index >= 15 is 0 Å². The normalized spacial score (nSPS) is 9.80. The summed E-state index contributed by atoms with van der Waals surface area (Å²) in [5.41, 5.74) is -0.132. The van der Waals surface area contributed by atoms with Gasteiger partial charge in [0.15, 0.2) is 28.8 Å². The highest BCUT2D eigenvalue weighted by atomic mass is 35.5. The van der Waals surface area contributed by atoms with Crippen molar-refractivity contribution in [3.63, 3.8) is 0 Å². The maximum Gasteiger partial charge on any atom is 0.192 e. The van der Waals surface area contributed by atoms with Gasteiger partial charge in [0.25, 0.3) is 0 Å². The van der Waals surface area contributed by atoms with Crippen molar-refractivity contribution in [2.75, 3.05) is 6.61 Å². The van der Waals surface area contributed by atoms with Gasteiger partial charge in [-0.25, -0.2) is 9.37 Å². The summed E-state index contributed by atoms with van der Waals surface area (Å²) in [6.45, 7) is 0.998. The average Bonchev–Trinajstić information content (AvgIpc) is 2.15. The Labute approximate surface area is 90.0 Å². The summed E-state index contributed by atoms with van der Waals surface area (Å²) < 4.78 is 18.0. The molecule has 0 aliphatic carbocycles. The van der Waals surface area contributed by atoms with Crippen LogP contribution in [0.15, 0.2) is 6.07 Å². The minimum Gasteiger partial charge on any atom is -0.480 e. The number of carbonyl (C=O) groups excluding carboxylic acids is 2. The van der Waals surface area contributed by atoms with E-state index in [0.717, 1.165) is 6.07 Å². The number of rotatable bonds is 4. The van der Waals surface area contributed by atoms with Crippen LogP contribution >= 0.6 is 11.6 Å². The first-order valence-corrected chi connectivity index (χ1v) is 4.36. The Morgan fingerprint density at radius 1 is 1.73 bits per heavy atom. The van der Waals surface area contributed by atoms with E-state index in [4.69, 9.17) is 16.3 Å². The molecule has 0 unspecified atom stereocenters. The minimum atomic E-state index is -0.821. The molecule has 0 saturated heterocycles. The smallest absolute Gasteiger partial charge is 0.192 e. The first-order chi connectivity index (χ1) is 7.04. The molecule has 15 heavy (non-hydrogen) atoms. The molecule has 0 aliphatic rings. The molecular weight excluding hydrogens is 225 g/mol. The van der Waals surface area contributed by atoms with Crippen LogP contribution in [0.1, 0.15) is 17.4 Å². The second-order valence-corrected chi connectivity index (χ2v) is 3.12. The van der Waals surface area contributed by atoms with Gasteiger partial charge in [-0.2, -0.15) is 0 Å². The number of nitrogens with zero attached hydrogens (tertiary/aromatic N) is 1. The largest absolute Gasteiger partial charge is 0.480 e. The summed E-state index contributed by atoms with van der Waals surface area (Å²) in [5.74, 6) is -1.42.